The molecule has 0 radical (unpaired) electrons. The maximum atomic E-state index is 11.9. The first-order chi connectivity index (χ1) is 10.2. The Morgan fingerprint density at radius 2 is 1.36 bits per heavy atom. The molecule has 0 spiro atoms. The van der Waals surface area contributed by atoms with Crippen LogP contribution in [0, 0.1) is 10.7 Å². The maximum Gasteiger partial charge on any atom is 0.337 e. The van der Waals surface area contributed by atoms with E-state index in [-0.39, 0.29) is 34.1 Å². The highest BCUT2D eigenvalue weighted by molar-refractivity contribution is 14.1. The quantitative estimate of drug-likeness (QED) is 0.424. The van der Waals surface area contributed by atoms with Gasteiger partial charge in [-0.15, -0.1) is 0 Å². The summed E-state index contributed by atoms with van der Waals surface area (Å²) in [5.41, 5.74) is -0.144. The fourth-order valence-corrected chi connectivity index (χ4v) is 6.48. The molecule has 1 rings (SSSR count). The number of likely N-dealkylation sites (N-methyl/N-ethyl adjacent to an activating group) is 1. The predicted molar refractivity (Wildman–Crippen MR) is 104 cm³/mol. The van der Waals surface area contributed by atoms with E-state index in [0.29, 0.717) is 0 Å². The van der Waals surface area contributed by atoms with Crippen LogP contribution in [-0.4, -0.2) is 46.3 Å². The number of nitrogens with zero attached hydrogens (tertiary/aromatic N) is 1. The number of carbonyl (C=O) groups excluding carboxylic acids is 1. The van der Waals surface area contributed by atoms with E-state index in [4.69, 9.17) is 5.11 Å². The van der Waals surface area contributed by atoms with Gasteiger partial charge < -0.3 is 20.2 Å². The fourth-order valence-electron chi connectivity index (χ4n) is 1.81. The van der Waals surface area contributed by atoms with E-state index >= 15 is 0 Å². The van der Waals surface area contributed by atoms with Crippen LogP contribution >= 0.6 is 67.8 Å². The van der Waals surface area contributed by atoms with Crippen molar-refractivity contribution in [1.29, 1.82) is 0 Å². The molecule has 0 saturated heterocycles. The van der Waals surface area contributed by atoms with Crippen LogP contribution in [0.25, 0.3) is 0 Å². The Balaban J connectivity index is 3.88. The lowest BCUT2D eigenvalue weighted by Gasteiger charge is -2.25. The molecular weight excluding hydrogens is 635 g/mol. The van der Waals surface area contributed by atoms with Crippen LogP contribution in [-0.2, 0) is 4.79 Å². The number of rotatable bonds is 5. The van der Waals surface area contributed by atoms with E-state index in [2.05, 4.69) is 0 Å². The van der Waals surface area contributed by atoms with Crippen molar-refractivity contribution in [3.63, 3.8) is 0 Å². The minimum atomic E-state index is -1.28. The number of carbonyl (C=O) groups is 3. The zero-order valence-corrected chi connectivity index (χ0v) is 17.5. The number of benzene rings is 1. The van der Waals surface area contributed by atoms with Crippen molar-refractivity contribution in [3.8, 4) is 0 Å². The summed E-state index contributed by atoms with van der Waals surface area (Å²) in [6, 6.07) is 0. The van der Waals surface area contributed by atoms with Gasteiger partial charge in [0.05, 0.1) is 24.0 Å². The second-order valence-electron chi connectivity index (χ2n) is 3.95. The molecular formula is C12H10I3NO6. The molecule has 0 heterocycles. The summed E-state index contributed by atoms with van der Waals surface area (Å²) in [5, 5.41) is 27.8. The molecule has 1 aromatic carbocycles. The topological polar surface area (TPSA) is 115 Å². The summed E-state index contributed by atoms with van der Waals surface area (Å²) in [5.74, 6) is -3.19. The molecule has 0 aliphatic carbocycles. The summed E-state index contributed by atoms with van der Waals surface area (Å²) < 4.78 is 0.614. The molecule has 0 saturated carbocycles. The lowest BCUT2D eigenvalue weighted by atomic mass is 10.1. The first-order valence-electron chi connectivity index (χ1n) is 5.77. The van der Waals surface area contributed by atoms with Gasteiger partial charge in [0.2, 0.25) is 0 Å². The highest BCUT2D eigenvalue weighted by Gasteiger charge is 2.31. The van der Waals surface area contributed by atoms with Crippen molar-refractivity contribution in [2.45, 2.75) is 6.92 Å². The van der Waals surface area contributed by atoms with Gasteiger partial charge in [0.25, 0.3) is 5.91 Å². The lowest BCUT2D eigenvalue weighted by Crippen LogP contribution is -2.35. The third-order valence-electron chi connectivity index (χ3n) is 2.74. The number of hydrogen-bond donors (Lipinski definition) is 3. The first-order valence-corrected chi connectivity index (χ1v) is 9.00. The number of aliphatic hydroxyl groups excluding tert-OH is 1. The Morgan fingerprint density at radius 1 is 0.955 bits per heavy atom. The largest absolute Gasteiger partial charge is 0.478 e. The zero-order chi connectivity index (χ0) is 17.2. The van der Waals surface area contributed by atoms with Gasteiger partial charge in [-0.3, -0.25) is 4.79 Å². The second kappa shape index (κ2) is 8.05. The number of aliphatic hydroxyl groups is 1. The van der Waals surface area contributed by atoms with Crippen molar-refractivity contribution in [1.82, 2.24) is 0 Å². The van der Waals surface area contributed by atoms with Gasteiger partial charge in [-0.05, 0) is 74.7 Å². The molecule has 1 amide bonds. The number of carboxylic acid groups (broad SMARTS) is 2. The SMILES string of the molecule is CCN(C(=O)CO)c1c(I)c(C(=O)O)c(I)c(C(=O)O)c1I. The number of halogens is 3. The standard InChI is InChI=1S/C12H10I3NO6/c1-2-16(4(18)3-17)10-8(14)5(11(19)20)7(13)6(9(10)15)12(21)22/h17H,2-3H2,1H3,(H,19,20)(H,21,22). The van der Waals surface area contributed by atoms with Crippen LogP contribution in [0.1, 0.15) is 27.6 Å². The predicted octanol–water partition coefficient (Wildman–Crippen LogP) is 2.24. The van der Waals surface area contributed by atoms with Crippen LogP contribution in [0.2, 0.25) is 0 Å². The summed E-state index contributed by atoms with van der Waals surface area (Å²) in [4.78, 5) is 36.0. The minimum Gasteiger partial charge on any atom is -0.478 e. The van der Waals surface area contributed by atoms with Crippen molar-refractivity contribution in [2.24, 2.45) is 0 Å². The fraction of sp³-hybridized carbons (Fsp3) is 0.250. The third kappa shape index (κ3) is 3.64. The van der Waals surface area contributed by atoms with Crippen molar-refractivity contribution in [3.05, 3.63) is 21.8 Å². The molecule has 0 aliphatic rings. The van der Waals surface area contributed by atoms with E-state index in [1.54, 1.807) is 74.7 Å². The Kier molecular flexibility index (Phi) is 7.25. The van der Waals surface area contributed by atoms with Gasteiger partial charge in [0, 0.05) is 10.1 Å². The molecule has 0 bridgehead atoms. The van der Waals surface area contributed by atoms with Gasteiger partial charge in [0.1, 0.15) is 6.61 Å². The average Bonchev–Trinajstić information content (AvgIpc) is 2.41. The van der Waals surface area contributed by atoms with Crippen LogP contribution < -0.4 is 4.90 Å². The van der Waals surface area contributed by atoms with Gasteiger partial charge >= 0.3 is 11.9 Å². The van der Waals surface area contributed by atoms with E-state index in [9.17, 15) is 24.6 Å². The molecule has 0 aliphatic heterocycles. The third-order valence-corrected chi connectivity index (χ3v) is 5.92. The molecule has 22 heavy (non-hydrogen) atoms. The summed E-state index contributed by atoms with van der Waals surface area (Å²) in [6.45, 7) is 1.07. The molecule has 0 fully saturated rings. The van der Waals surface area contributed by atoms with E-state index in [1.165, 1.54) is 4.90 Å². The van der Waals surface area contributed by atoms with E-state index in [0.717, 1.165) is 0 Å². The molecule has 7 nitrogen and oxygen atoms in total. The number of hydrogen-bond acceptors (Lipinski definition) is 4. The monoisotopic (exact) mass is 645 g/mol. The second-order valence-corrected chi connectivity index (χ2v) is 7.18. The number of carboxylic acids is 2. The summed E-state index contributed by atoms with van der Waals surface area (Å²) in [7, 11) is 0. The van der Waals surface area contributed by atoms with E-state index in [1.807, 2.05) is 0 Å². The highest BCUT2D eigenvalue weighted by Crippen LogP contribution is 2.37. The lowest BCUT2D eigenvalue weighted by molar-refractivity contribution is -0.121. The Hall–Kier alpha value is -0.220. The summed E-state index contributed by atoms with van der Waals surface area (Å²) in [6.07, 6.45) is 0. The summed E-state index contributed by atoms with van der Waals surface area (Å²) >= 11 is 5.23. The molecule has 10 heteroatoms. The number of anilines is 1. The highest BCUT2D eigenvalue weighted by atomic mass is 127. The molecule has 1 aromatic rings. The van der Waals surface area contributed by atoms with Crippen molar-refractivity contribution >= 4 is 91.3 Å². The average molecular weight is 645 g/mol. The van der Waals surface area contributed by atoms with Crippen LogP contribution in [0.3, 0.4) is 0 Å². The normalized spacial score (nSPS) is 10.4. The first kappa shape index (κ1) is 19.8. The number of amides is 1. The Morgan fingerprint density at radius 3 is 1.64 bits per heavy atom. The van der Waals surface area contributed by atoms with Gasteiger partial charge in [0.15, 0.2) is 0 Å². The molecule has 0 aromatic heterocycles. The number of aromatic carboxylic acids is 2. The smallest absolute Gasteiger partial charge is 0.337 e. The molecule has 0 unspecified atom stereocenters. The van der Waals surface area contributed by atoms with Crippen LogP contribution in [0.15, 0.2) is 0 Å². The van der Waals surface area contributed by atoms with Crippen molar-refractivity contribution in [2.75, 3.05) is 18.1 Å². The van der Waals surface area contributed by atoms with Crippen LogP contribution in [0.5, 0.6) is 0 Å². The van der Waals surface area contributed by atoms with Gasteiger partial charge in [-0.2, -0.15) is 0 Å². The van der Waals surface area contributed by atoms with Crippen LogP contribution in [0.4, 0.5) is 5.69 Å². The minimum absolute atomic E-state index is 0.0997. The molecule has 0 atom stereocenters. The zero-order valence-electron chi connectivity index (χ0n) is 11.1. The maximum absolute atomic E-state index is 11.9. The Bertz CT molecular complexity index is 620. The van der Waals surface area contributed by atoms with Gasteiger partial charge in [-0.25, -0.2) is 9.59 Å². The molecule has 120 valence electrons. The van der Waals surface area contributed by atoms with Gasteiger partial charge in [-0.1, -0.05) is 0 Å². The Labute approximate surface area is 166 Å². The van der Waals surface area contributed by atoms with Crippen molar-refractivity contribution < 1.29 is 29.7 Å². The molecule has 3 N–H and O–H groups in total. The van der Waals surface area contributed by atoms with E-state index < -0.39 is 24.5 Å².